The molecule has 1 atom stereocenters. The lowest BCUT2D eigenvalue weighted by molar-refractivity contribution is -0.0978. The number of Topliss-reactive ketones (excluding diaryl/α,β-unsaturated/α-hetero) is 1. The lowest BCUT2D eigenvalue weighted by Gasteiger charge is -2.17. The molecule has 0 fully saturated rings. The van der Waals surface area contributed by atoms with E-state index in [0.29, 0.717) is 36.5 Å². The molecule has 1 aliphatic rings. The van der Waals surface area contributed by atoms with Crippen LogP contribution in [0.3, 0.4) is 0 Å². The SMILES string of the molecule is CCOC(O)c1c2c(n(C)c1Nc1ccc(I)cc1F)C(=O)CC2. The molecule has 0 aliphatic heterocycles. The van der Waals surface area contributed by atoms with Gasteiger partial charge in [0.05, 0.1) is 16.9 Å². The Morgan fingerprint density at radius 1 is 1.46 bits per heavy atom. The summed E-state index contributed by atoms with van der Waals surface area (Å²) in [7, 11) is 1.73. The van der Waals surface area contributed by atoms with Crippen LogP contribution in [0.1, 0.15) is 41.2 Å². The predicted octanol–water partition coefficient (Wildman–Crippen LogP) is 3.67. The molecule has 3 rings (SSSR count). The van der Waals surface area contributed by atoms with Gasteiger partial charge >= 0.3 is 0 Å². The van der Waals surface area contributed by atoms with E-state index in [1.807, 2.05) is 22.6 Å². The molecule has 1 unspecified atom stereocenters. The fourth-order valence-corrected chi connectivity index (χ4v) is 3.56. The van der Waals surface area contributed by atoms with E-state index in [2.05, 4.69) is 5.32 Å². The van der Waals surface area contributed by atoms with E-state index in [0.717, 1.165) is 9.13 Å². The number of ether oxygens (including phenoxy) is 1. The second-order valence-electron chi connectivity index (χ2n) is 5.63. The van der Waals surface area contributed by atoms with Gasteiger partial charge in [0, 0.05) is 23.6 Å². The van der Waals surface area contributed by atoms with E-state index in [-0.39, 0.29) is 11.5 Å². The molecule has 1 heterocycles. The van der Waals surface area contributed by atoms with Crippen molar-refractivity contribution >= 4 is 39.9 Å². The molecule has 128 valence electrons. The maximum Gasteiger partial charge on any atom is 0.185 e. The van der Waals surface area contributed by atoms with Gasteiger partial charge in [-0.3, -0.25) is 4.79 Å². The second-order valence-corrected chi connectivity index (χ2v) is 6.87. The maximum atomic E-state index is 14.2. The molecular formula is C17H18FIN2O3. The molecule has 0 saturated carbocycles. The molecule has 1 aromatic carbocycles. The fraction of sp³-hybridized carbons (Fsp3) is 0.353. The molecule has 0 radical (unpaired) electrons. The van der Waals surface area contributed by atoms with E-state index >= 15 is 0 Å². The summed E-state index contributed by atoms with van der Waals surface area (Å²) in [5.74, 6) is 0.106. The molecule has 2 N–H and O–H groups in total. The first-order chi connectivity index (χ1) is 11.4. The monoisotopic (exact) mass is 444 g/mol. The normalized spacial score (nSPS) is 14.8. The fourth-order valence-electron chi connectivity index (χ4n) is 3.11. The minimum absolute atomic E-state index is 0.0218. The molecule has 1 aliphatic carbocycles. The molecule has 0 spiro atoms. The van der Waals surface area contributed by atoms with Crippen molar-refractivity contribution in [1.82, 2.24) is 4.57 Å². The van der Waals surface area contributed by atoms with Crippen LogP contribution < -0.4 is 5.32 Å². The van der Waals surface area contributed by atoms with Crippen LogP contribution in [0.15, 0.2) is 18.2 Å². The summed E-state index contributed by atoms with van der Waals surface area (Å²) < 4.78 is 22.0. The number of nitrogens with zero attached hydrogens (tertiary/aromatic N) is 1. The van der Waals surface area contributed by atoms with E-state index in [1.54, 1.807) is 30.7 Å². The van der Waals surface area contributed by atoms with Crippen LogP contribution in [0.25, 0.3) is 0 Å². The number of aliphatic hydroxyl groups excluding tert-OH is 1. The number of halogens is 2. The Morgan fingerprint density at radius 3 is 2.88 bits per heavy atom. The quantitative estimate of drug-likeness (QED) is 0.546. The third-order valence-electron chi connectivity index (χ3n) is 4.16. The Balaban J connectivity index is 2.09. The van der Waals surface area contributed by atoms with E-state index in [4.69, 9.17) is 4.74 Å². The zero-order chi connectivity index (χ0) is 17.4. The number of carbonyl (C=O) groups excluding carboxylic acids is 1. The Labute approximate surface area is 153 Å². The first-order valence-corrected chi connectivity index (χ1v) is 8.78. The maximum absolute atomic E-state index is 14.2. The number of ketones is 1. The van der Waals surface area contributed by atoms with Crippen molar-refractivity contribution in [3.63, 3.8) is 0 Å². The van der Waals surface area contributed by atoms with Crippen molar-refractivity contribution in [2.24, 2.45) is 7.05 Å². The molecule has 0 amide bonds. The Morgan fingerprint density at radius 2 is 2.21 bits per heavy atom. The third-order valence-corrected chi connectivity index (χ3v) is 4.83. The van der Waals surface area contributed by atoms with E-state index < -0.39 is 12.1 Å². The van der Waals surface area contributed by atoms with Crippen LogP contribution in [0.4, 0.5) is 15.9 Å². The van der Waals surface area contributed by atoms with Crippen LogP contribution in [0.5, 0.6) is 0 Å². The van der Waals surface area contributed by atoms with Gasteiger partial charge in [0.1, 0.15) is 11.6 Å². The highest BCUT2D eigenvalue weighted by Crippen LogP contribution is 2.39. The topological polar surface area (TPSA) is 63.5 Å². The Bertz CT molecular complexity index is 804. The summed E-state index contributed by atoms with van der Waals surface area (Å²) in [6.45, 7) is 2.11. The number of benzene rings is 1. The first-order valence-electron chi connectivity index (χ1n) is 7.70. The van der Waals surface area contributed by atoms with Gasteiger partial charge in [0.2, 0.25) is 0 Å². The van der Waals surface area contributed by atoms with Crippen LogP contribution >= 0.6 is 22.6 Å². The highest BCUT2D eigenvalue weighted by atomic mass is 127. The summed E-state index contributed by atoms with van der Waals surface area (Å²) in [6.07, 6.45) is -0.189. The summed E-state index contributed by atoms with van der Waals surface area (Å²) in [5.41, 5.74) is 2.12. The third kappa shape index (κ3) is 2.96. The van der Waals surface area contributed by atoms with Crippen molar-refractivity contribution in [3.8, 4) is 0 Å². The Hall–Kier alpha value is -1.45. The van der Waals surface area contributed by atoms with Gasteiger partial charge in [-0.25, -0.2) is 4.39 Å². The standard InChI is InChI=1S/C17H18FIN2O3/c1-3-24-17(23)14-10-5-7-13(22)15(10)21(2)16(14)20-12-6-4-9(19)8-11(12)18/h4,6,8,17,20,23H,3,5,7H2,1-2H3. The number of anilines is 2. The van der Waals surface area contributed by atoms with Gasteiger partial charge in [0.25, 0.3) is 0 Å². The number of aromatic nitrogens is 1. The summed E-state index contributed by atoms with van der Waals surface area (Å²) in [5, 5.41) is 13.4. The minimum Gasteiger partial charge on any atom is -0.364 e. The minimum atomic E-state index is -1.16. The zero-order valence-electron chi connectivity index (χ0n) is 13.4. The van der Waals surface area contributed by atoms with Gasteiger partial charge in [-0.15, -0.1) is 0 Å². The summed E-state index contributed by atoms with van der Waals surface area (Å²) >= 11 is 2.04. The van der Waals surface area contributed by atoms with Gasteiger partial charge < -0.3 is 19.7 Å². The first kappa shape index (κ1) is 17.4. The van der Waals surface area contributed by atoms with Crippen molar-refractivity contribution in [3.05, 3.63) is 44.4 Å². The van der Waals surface area contributed by atoms with Crippen LogP contribution in [0, 0.1) is 9.39 Å². The molecule has 0 saturated heterocycles. The average molecular weight is 444 g/mol. The van der Waals surface area contributed by atoms with Crippen molar-refractivity contribution in [2.75, 3.05) is 11.9 Å². The lowest BCUT2D eigenvalue weighted by atomic mass is 10.1. The van der Waals surface area contributed by atoms with Gasteiger partial charge in [-0.2, -0.15) is 0 Å². The van der Waals surface area contributed by atoms with Crippen molar-refractivity contribution < 1.29 is 19.0 Å². The Kier molecular flexibility index (Phi) is 4.93. The van der Waals surface area contributed by atoms with E-state index in [9.17, 15) is 14.3 Å². The number of hydrogen-bond acceptors (Lipinski definition) is 4. The predicted molar refractivity (Wildman–Crippen MR) is 97.1 cm³/mol. The molecule has 7 heteroatoms. The van der Waals surface area contributed by atoms with Gasteiger partial charge in [0.15, 0.2) is 12.1 Å². The van der Waals surface area contributed by atoms with Crippen LogP contribution in [-0.2, 0) is 18.2 Å². The average Bonchev–Trinajstić information content (AvgIpc) is 3.02. The van der Waals surface area contributed by atoms with E-state index in [1.165, 1.54) is 6.07 Å². The highest BCUT2D eigenvalue weighted by Gasteiger charge is 2.33. The number of hydrogen-bond donors (Lipinski definition) is 2. The number of nitrogens with one attached hydrogen (secondary N) is 1. The van der Waals surface area contributed by atoms with Crippen LogP contribution in [-0.4, -0.2) is 22.1 Å². The molecular weight excluding hydrogens is 426 g/mol. The summed E-state index contributed by atoms with van der Waals surface area (Å²) in [6, 6.07) is 4.84. The van der Waals surface area contributed by atoms with Crippen molar-refractivity contribution in [2.45, 2.75) is 26.1 Å². The number of rotatable bonds is 5. The number of carbonyl (C=O) groups is 1. The zero-order valence-corrected chi connectivity index (χ0v) is 15.6. The second kappa shape index (κ2) is 6.81. The largest absolute Gasteiger partial charge is 0.364 e. The van der Waals surface area contributed by atoms with Gasteiger partial charge in [-0.1, -0.05) is 0 Å². The highest BCUT2D eigenvalue weighted by molar-refractivity contribution is 14.1. The number of fused-ring (bicyclic) bond motifs is 1. The van der Waals surface area contributed by atoms with Crippen molar-refractivity contribution in [1.29, 1.82) is 0 Å². The van der Waals surface area contributed by atoms with Crippen LogP contribution in [0.2, 0.25) is 0 Å². The molecule has 2 aromatic rings. The molecule has 1 aromatic heterocycles. The number of aliphatic hydroxyl groups is 1. The molecule has 0 bridgehead atoms. The molecule has 5 nitrogen and oxygen atoms in total. The lowest BCUT2D eigenvalue weighted by Crippen LogP contribution is -2.10. The summed E-state index contributed by atoms with van der Waals surface area (Å²) in [4.78, 5) is 12.2. The molecule has 24 heavy (non-hydrogen) atoms. The smallest absolute Gasteiger partial charge is 0.185 e. The van der Waals surface area contributed by atoms with Gasteiger partial charge in [-0.05, 0) is 59.7 Å².